The molecule has 0 fully saturated rings. The van der Waals surface area contributed by atoms with Gasteiger partial charge in [-0.15, -0.1) is 11.6 Å². The Morgan fingerprint density at radius 1 is 1.73 bits per heavy atom. The summed E-state index contributed by atoms with van der Waals surface area (Å²) in [6, 6.07) is 0. The van der Waals surface area contributed by atoms with Crippen molar-refractivity contribution in [3.63, 3.8) is 0 Å². The SMILES string of the molecule is [CH2]CCC(Cl)C/C=C(\C)CO. The van der Waals surface area contributed by atoms with Gasteiger partial charge in [0.25, 0.3) is 0 Å². The van der Waals surface area contributed by atoms with E-state index in [4.69, 9.17) is 16.7 Å². The molecule has 65 valence electrons. The Morgan fingerprint density at radius 3 is 2.82 bits per heavy atom. The molecule has 0 aromatic rings. The second-order valence-electron chi connectivity index (χ2n) is 2.68. The van der Waals surface area contributed by atoms with Crippen LogP contribution in [-0.4, -0.2) is 17.1 Å². The minimum absolute atomic E-state index is 0.133. The molecule has 0 aromatic heterocycles. The van der Waals surface area contributed by atoms with Gasteiger partial charge in [-0.1, -0.05) is 25.0 Å². The minimum Gasteiger partial charge on any atom is -0.392 e. The van der Waals surface area contributed by atoms with Gasteiger partial charge in [-0.05, 0) is 19.8 Å². The summed E-state index contributed by atoms with van der Waals surface area (Å²) in [5, 5.41) is 8.83. The maximum absolute atomic E-state index is 8.65. The van der Waals surface area contributed by atoms with Gasteiger partial charge >= 0.3 is 0 Å². The minimum atomic E-state index is 0.133. The lowest BCUT2D eigenvalue weighted by Crippen LogP contribution is -1.96. The fourth-order valence-electron chi connectivity index (χ4n) is 0.733. The molecule has 0 saturated carbocycles. The summed E-state index contributed by atoms with van der Waals surface area (Å²) >= 11 is 5.92. The van der Waals surface area contributed by atoms with E-state index in [1.165, 1.54) is 0 Å². The number of alkyl halides is 1. The average Bonchev–Trinajstić information content (AvgIpc) is 2.01. The van der Waals surface area contributed by atoms with Crippen molar-refractivity contribution >= 4 is 11.6 Å². The second-order valence-corrected chi connectivity index (χ2v) is 3.30. The van der Waals surface area contributed by atoms with Crippen molar-refractivity contribution in [2.45, 2.75) is 31.6 Å². The Labute approximate surface area is 74.1 Å². The molecule has 0 aromatic carbocycles. The summed E-state index contributed by atoms with van der Waals surface area (Å²) in [6.45, 7) is 5.75. The molecule has 0 heterocycles. The number of hydrogen-bond acceptors (Lipinski definition) is 1. The third-order valence-corrected chi connectivity index (χ3v) is 1.89. The first-order valence-electron chi connectivity index (χ1n) is 3.90. The van der Waals surface area contributed by atoms with Crippen molar-refractivity contribution in [3.8, 4) is 0 Å². The van der Waals surface area contributed by atoms with E-state index in [1.54, 1.807) is 0 Å². The van der Waals surface area contributed by atoms with Crippen LogP contribution in [0.4, 0.5) is 0 Å². The standard InChI is InChI=1S/C9H16ClO/c1-3-4-9(10)6-5-8(2)7-11/h5,9,11H,1,3-4,6-7H2,2H3/b8-5+. The van der Waals surface area contributed by atoms with Gasteiger partial charge in [0.2, 0.25) is 0 Å². The molecule has 1 unspecified atom stereocenters. The van der Waals surface area contributed by atoms with Gasteiger partial charge in [-0.3, -0.25) is 0 Å². The number of allylic oxidation sites excluding steroid dienone is 1. The second kappa shape index (κ2) is 6.68. The first kappa shape index (κ1) is 11.0. The van der Waals surface area contributed by atoms with Gasteiger partial charge in [0, 0.05) is 5.38 Å². The molecule has 0 aliphatic rings. The molecule has 11 heavy (non-hydrogen) atoms. The first-order valence-corrected chi connectivity index (χ1v) is 4.34. The Balaban J connectivity index is 3.50. The molecule has 2 heteroatoms. The number of rotatable bonds is 5. The van der Waals surface area contributed by atoms with E-state index in [-0.39, 0.29) is 12.0 Å². The van der Waals surface area contributed by atoms with E-state index < -0.39 is 0 Å². The zero-order chi connectivity index (χ0) is 8.69. The maximum atomic E-state index is 8.65. The molecular formula is C9H16ClO. The van der Waals surface area contributed by atoms with Crippen LogP contribution in [0.15, 0.2) is 11.6 Å². The van der Waals surface area contributed by atoms with E-state index >= 15 is 0 Å². The third kappa shape index (κ3) is 6.39. The first-order chi connectivity index (χ1) is 5.20. The summed E-state index contributed by atoms with van der Waals surface area (Å²) in [5.41, 5.74) is 0.986. The fourth-order valence-corrected chi connectivity index (χ4v) is 0.976. The van der Waals surface area contributed by atoms with Gasteiger partial charge in [0.15, 0.2) is 0 Å². The molecule has 0 spiro atoms. The monoisotopic (exact) mass is 175 g/mol. The molecule has 1 radical (unpaired) electrons. The summed E-state index contributed by atoms with van der Waals surface area (Å²) in [6.07, 6.45) is 4.63. The molecular weight excluding hydrogens is 160 g/mol. The van der Waals surface area contributed by atoms with Gasteiger partial charge in [0.1, 0.15) is 0 Å². The molecule has 0 bridgehead atoms. The van der Waals surface area contributed by atoms with Crippen LogP contribution in [0.25, 0.3) is 0 Å². The van der Waals surface area contributed by atoms with E-state index in [2.05, 4.69) is 6.92 Å². The van der Waals surface area contributed by atoms with Crippen LogP contribution in [0.1, 0.15) is 26.2 Å². The quantitative estimate of drug-likeness (QED) is 0.503. The Hall–Kier alpha value is -0.0100. The van der Waals surface area contributed by atoms with Crippen molar-refractivity contribution < 1.29 is 5.11 Å². The van der Waals surface area contributed by atoms with Crippen LogP contribution in [0.2, 0.25) is 0 Å². The van der Waals surface area contributed by atoms with Crippen molar-refractivity contribution in [1.29, 1.82) is 0 Å². The highest BCUT2D eigenvalue weighted by Crippen LogP contribution is 2.11. The van der Waals surface area contributed by atoms with Gasteiger partial charge in [0.05, 0.1) is 6.61 Å². The number of aliphatic hydroxyl groups excluding tert-OH is 1. The van der Waals surface area contributed by atoms with Crippen LogP contribution in [-0.2, 0) is 0 Å². The van der Waals surface area contributed by atoms with Crippen LogP contribution in [0.3, 0.4) is 0 Å². The lowest BCUT2D eigenvalue weighted by molar-refractivity contribution is 0.331. The van der Waals surface area contributed by atoms with Crippen molar-refractivity contribution in [3.05, 3.63) is 18.6 Å². The van der Waals surface area contributed by atoms with Gasteiger partial charge in [-0.2, -0.15) is 0 Å². The molecule has 0 rings (SSSR count). The molecule has 0 amide bonds. The lowest BCUT2D eigenvalue weighted by atomic mass is 10.1. The Morgan fingerprint density at radius 2 is 2.36 bits per heavy atom. The van der Waals surface area contributed by atoms with E-state index in [0.29, 0.717) is 0 Å². The highest BCUT2D eigenvalue weighted by molar-refractivity contribution is 6.20. The van der Waals surface area contributed by atoms with Crippen LogP contribution >= 0.6 is 11.6 Å². The normalized spacial score (nSPS) is 15.1. The topological polar surface area (TPSA) is 20.2 Å². The summed E-state index contributed by atoms with van der Waals surface area (Å²) in [7, 11) is 0. The Bertz CT molecular complexity index is 121. The van der Waals surface area contributed by atoms with Gasteiger partial charge in [-0.25, -0.2) is 0 Å². The zero-order valence-electron chi connectivity index (χ0n) is 7.02. The lowest BCUT2D eigenvalue weighted by Gasteiger charge is -2.03. The molecule has 1 nitrogen and oxygen atoms in total. The molecule has 1 atom stereocenters. The largest absolute Gasteiger partial charge is 0.392 e. The predicted molar refractivity (Wildman–Crippen MR) is 49.7 cm³/mol. The van der Waals surface area contributed by atoms with Crippen LogP contribution in [0, 0.1) is 6.92 Å². The summed E-state index contributed by atoms with van der Waals surface area (Å²) in [5.74, 6) is 0. The highest BCUT2D eigenvalue weighted by Gasteiger charge is 1.99. The molecule has 0 saturated heterocycles. The van der Waals surface area contributed by atoms with E-state index in [9.17, 15) is 0 Å². The molecule has 0 aliphatic carbocycles. The zero-order valence-corrected chi connectivity index (χ0v) is 7.77. The van der Waals surface area contributed by atoms with Crippen molar-refractivity contribution in [2.75, 3.05) is 6.61 Å². The third-order valence-electron chi connectivity index (χ3n) is 1.49. The van der Waals surface area contributed by atoms with Crippen LogP contribution < -0.4 is 0 Å². The number of hydrogen-bond donors (Lipinski definition) is 1. The molecule has 1 N–H and O–H groups in total. The van der Waals surface area contributed by atoms with Crippen molar-refractivity contribution in [2.24, 2.45) is 0 Å². The van der Waals surface area contributed by atoms with E-state index in [1.807, 2.05) is 13.0 Å². The maximum Gasteiger partial charge on any atom is 0.0639 e. The Kier molecular flexibility index (Phi) is 6.68. The smallest absolute Gasteiger partial charge is 0.0639 e. The molecule has 0 aliphatic heterocycles. The van der Waals surface area contributed by atoms with Crippen LogP contribution in [0.5, 0.6) is 0 Å². The number of halogens is 1. The predicted octanol–water partition coefficient (Wildman–Crippen LogP) is 2.54. The van der Waals surface area contributed by atoms with E-state index in [0.717, 1.165) is 24.8 Å². The summed E-state index contributed by atoms with van der Waals surface area (Å²) in [4.78, 5) is 0. The van der Waals surface area contributed by atoms with Crippen molar-refractivity contribution in [1.82, 2.24) is 0 Å². The number of aliphatic hydroxyl groups is 1. The highest BCUT2D eigenvalue weighted by atomic mass is 35.5. The van der Waals surface area contributed by atoms with Gasteiger partial charge < -0.3 is 5.11 Å². The fraction of sp³-hybridized carbons (Fsp3) is 0.667. The average molecular weight is 176 g/mol. The summed E-state index contributed by atoms with van der Waals surface area (Å²) < 4.78 is 0.